The third-order valence-electron chi connectivity index (χ3n) is 4.09. The van der Waals surface area contributed by atoms with Crippen LogP contribution >= 0.6 is 0 Å². The fraction of sp³-hybridized carbons (Fsp3) is 0.917. The highest BCUT2D eigenvalue weighted by Gasteiger charge is 2.43. The first kappa shape index (κ1) is 11.1. The quantitative estimate of drug-likeness (QED) is 0.675. The van der Waals surface area contributed by atoms with E-state index in [4.69, 9.17) is 0 Å². The molecule has 3 heteroatoms. The van der Waals surface area contributed by atoms with Gasteiger partial charge >= 0.3 is 0 Å². The largest absolute Gasteiger partial charge is 0.306 e. The van der Waals surface area contributed by atoms with E-state index in [0.717, 1.165) is 26.1 Å². The number of carbonyl (C=O) groups is 1. The van der Waals surface area contributed by atoms with Gasteiger partial charge in [-0.2, -0.15) is 0 Å². The van der Waals surface area contributed by atoms with Crippen LogP contribution < -0.4 is 0 Å². The highest BCUT2D eigenvalue weighted by Crippen LogP contribution is 2.33. The van der Waals surface area contributed by atoms with Gasteiger partial charge in [0.25, 0.3) is 0 Å². The summed E-state index contributed by atoms with van der Waals surface area (Å²) in [5.74, 6) is 1.14. The molecule has 15 heavy (non-hydrogen) atoms. The molecule has 0 N–H and O–H groups in total. The van der Waals surface area contributed by atoms with Crippen LogP contribution in [0.3, 0.4) is 0 Å². The molecule has 0 aromatic carbocycles. The number of Topliss-reactive ketones (excluding diaryl/α,β-unsaturated/α-hetero) is 1. The molecular formula is C12H22N2O. The maximum Gasteiger partial charge on any atom is 0.143 e. The van der Waals surface area contributed by atoms with Gasteiger partial charge in [-0.25, -0.2) is 0 Å². The summed E-state index contributed by atoms with van der Waals surface area (Å²) >= 11 is 0. The van der Waals surface area contributed by atoms with Crippen molar-refractivity contribution in [3.05, 3.63) is 0 Å². The van der Waals surface area contributed by atoms with Crippen LogP contribution in [0.25, 0.3) is 0 Å². The van der Waals surface area contributed by atoms with E-state index in [-0.39, 0.29) is 5.92 Å². The van der Waals surface area contributed by atoms with Crippen molar-refractivity contribution in [2.75, 3.05) is 33.7 Å². The second-order valence-electron chi connectivity index (χ2n) is 5.17. The number of ketones is 1. The molecule has 0 radical (unpaired) electrons. The molecule has 2 rings (SSSR count). The Kier molecular flexibility index (Phi) is 3.12. The summed E-state index contributed by atoms with van der Waals surface area (Å²) in [6, 6.07) is 0.475. The van der Waals surface area contributed by atoms with Gasteiger partial charge in [0.15, 0.2) is 0 Å². The Morgan fingerprint density at radius 2 is 2.07 bits per heavy atom. The number of rotatable bonds is 2. The summed E-state index contributed by atoms with van der Waals surface area (Å²) in [5, 5.41) is 0. The third kappa shape index (κ3) is 1.95. The Labute approximate surface area is 92.4 Å². The van der Waals surface area contributed by atoms with Crippen LogP contribution in [0.5, 0.6) is 0 Å². The highest BCUT2D eigenvalue weighted by molar-refractivity contribution is 5.86. The van der Waals surface area contributed by atoms with Crippen molar-refractivity contribution in [3.63, 3.8) is 0 Å². The predicted octanol–water partition coefficient (Wildman–Crippen LogP) is 0.847. The average Bonchev–Trinajstić information content (AvgIpc) is 2.17. The fourth-order valence-corrected chi connectivity index (χ4v) is 3.14. The van der Waals surface area contributed by atoms with Gasteiger partial charge in [0, 0.05) is 31.0 Å². The summed E-state index contributed by atoms with van der Waals surface area (Å²) < 4.78 is 0. The molecule has 86 valence electrons. The van der Waals surface area contributed by atoms with Gasteiger partial charge in [-0.15, -0.1) is 0 Å². The molecule has 0 aromatic rings. The first-order valence-corrected chi connectivity index (χ1v) is 6.06. The maximum absolute atomic E-state index is 12.1. The number of nitrogens with zero attached hydrogens (tertiary/aromatic N) is 2. The topological polar surface area (TPSA) is 23.6 Å². The van der Waals surface area contributed by atoms with Crippen molar-refractivity contribution in [1.82, 2.24) is 9.80 Å². The van der Waals surface area contributed by atoms with Crippen molar-refractivity contribution >= 4 is 5.78 Å². The molecule has 2 bridgehead atoms. The Morgan fingerprint density at radius 3 is 2.67 bits per heavy atom. The monoisotopic (exact) mass is 210 g/mol. The standard InChI is InChI=1S/C12H22N2O/c1-4-14-7-9-5-6-11(13(2)3)10(8-14)12(9)15/h9-11H,4-8H2,1-3H3. The van der Waals surface area contributed by atoms with E-state index < -0.39 is 0 Å². The molecule has 2 aliphatic rings. The molecule has 1 heterocycles. The van der Waals surface area contributed by atoms with Gasteiger partial charge in [-0.1, -0.05) is 6.92 Å². The van der Waals surface area contributed by atoms with Gasteiger partial charge in [-0.05, 0) is 33.5 Å². The molecule has 3 nitrogen and oxygen atoms in total. The zero-order valence-electron chi connectivity index (χ0n) is 10.1. The first-order chi connectivity index (χ1) is 7.13. The first-order valence-electron chi connectivity index (χ1n) is 6.06. The lowest BCUT2D eigenvalue weighted by molar-refractivity contribution is -0.137. The molecule has 3 unspecified atom stereocenters. The minimum absolute atomic E-state index is 0.271. The summed E-state index contributed by atoms with van der Waals surface area (Å²) in [4.78, 5) is 16.8. The van der Waals surface area contributed by atoms with E-state index in [1.807, 2.05) is 0 Å². The van der Waals surface area contributed by atoms with Gasteiger partial charge < -0.3 is 9.80 Å². The van der Waals surface area contributed by atoms with E-state index in [2.05, 4.69) is 30.8 Å². The Bertz CT molecular complexity index is 252. The van der Waals surface area contributed by atoms with Gasteiger partial charge in [0.2, 0.25) is 0 Å². The Morgan fingerprint density at radius 1 is 1.33 bits per heavy atom. The molecule has 1 saturated carbocycles. The third-order valence-corrected chi connectivity index (χ3v) is 4.09. The average molecular weight is 210 g/mol. The molecule has 0 amide bonds. The molecule has 1 saturated heterocycles. The second-order valence-corrected chi connectivity index (χ2v) is 5.17. The number of hydrogen-bond donors (Lipinski definition) is 0. The smallest absolute Gasteiger partial charge is 0.143 e. The van der Waals surface area contributed by atoms with Crippen molar-refractivity contribution in [2.24, 2.45) is 11.8 Å². The number of piperidine rings is 1. The van der Waals surface area contributed by atoms with Gasteiger partial charge in [-0.3, -0.25) is 4.79 Å². The van der Waals surface area contributed by atoms with Crippen LogP contribution in [-0.2, 0) is 4.79 Å². The Hall–Kier alpha value is -0.410. The van der Waals surface area contributed by atoms with Crippen LogP contribution in [0.2, 0.25) is 0 Å². The number of fused-ring (bicyclic) bond motifs is 2. The zero-order valence-corrected chi connectivity index (χ0v) is 10.1. The summed E-state index contributed by atoms with van der Waals surface area (Å²) in [5.41, 5.74) is 0. The zero-order chi connectivity index (χ0) is 11.0. The van der Waals surface area contributed by atoms with Gasteiger partial charge in [0.1, 0.15) is 5.78 Å². The van der Waals surface area contributed by atoms with Crippen LogP contribution in [0.15, 0.2) is 0 Å². The highest BCUT2D eigenvalue weighted by atomic mass is 16.1. The summed E-state index contributed by atoms with van der Waals surface area (Å²) in [7, 11) is 4.20. The normalized spacial score (nSPS) is 37.3. The predicted molar refractivity (Wildman–Crippen MR) is 60.8 cm³/mol. The minimum atomic E-state index is 0.271. The van der Waals surface area contributed by atoms with E-state index in [1.54, 1.807) is 0 Å². The molecular weight excluding hydrogens is 188 g/mol. The van der Waals surface area contributed by atoms with Crippen LogP contribution in [0.1, 0.15) is 19.8 Å². The van der Waals surface area contributed by atoms with Crippen LogP contribution in [-0.4, -0.2) is 55.4 Å². The van der Waals surface area contributed by atoms with E-state index in [1.165, 1.54) is 6.42 Å². The molecule has 3 atom stereocenters. The summed E-state index contributed by atoms with van der Waals surface area (Å²) in [6.45, 7) is 5.26. The Balaban J connectivity index is 2.13. The lowest BCUT2D eigenvalue weighted by Gasteiger charge is -2.45. The lowest BCUT2D eigenvalue weighted by Crippen LogP contribution is -2.56. The van der Waals surface area contributed by atoms with Crippen molar-refractivity contribution in [2.45, 2.75) is 25.8 Å². The van der Waals surface area contributed by atoms with Gasteiger partial charge in [0.05, 0.1) is 0 Å². The van der Waals surface area contributed by atoms with E-state index >= 15 is 0 Å². The SMILES string of the molecule is CCN1CC2CCC(N(C)C)C(C1)C2=O. The van der Waals surface area contributed by atoms with Crippen molar-refractivity contribution in [3.8, 4) is 0 Å². The maximum atomic E-state index is 12.1. The second kappa shape index (κ2) is 4.22. The molecule has 2 fully saturated rings. The number of likely N-dealkylation sites (tertiary alicyclic amines) is 1. The van der Waals surface area contributed by atoms with Crippen LogP contribution in [0.4, 0.5) is 0 Å². The lowest BCUT2D eigenvalue weighted by atomic mass is 9.73. The van der Waals surface area contributed by atoms with Crippen LogP contribution in [0, 0.1) is 11.8 Å². The summed E-state index contributed by atoms with van der Waals surface area (Å²) in [6.07, 6.45) is 2.29. The number of carbonyl (C=O) groups excluding carboxylic acids is 1. The molecule has 1 aliphatic heterocycles. The minimum Gasteiger partial charge on any atom is -0.306 e. The molecule has 0 aromatic heterocycles. The molecule has 1 aliphatic carbocycles. The van der Waals surface area contributed by atoms with Crippen molar-refractivity contribution < 1.29 is 4.79 Å². The molecule has 0 spiro atoms. The number of hydrogen-bond acceptors (Lipinski definition) is 3. The van der Waals surface area contributed by atoms with E-state index in [0.29, 0.717) is 17.7 Å². The van der Waals surface area contributed by atoms with E-state index in [9.17, 15) is 4.79 Å². The van der Waals surface area contributed by atoms with Crippen molar-refractivity contribution in [1.29, 1.82) is 0 Å². The fourth-order valence-electron chi connectivity index (χ4n) is 3.14.